The average molecular weight is 208 g/mol. The van der Waals surface area contributed by atoms with E-state index in [1.807, 2.05) is 6.07 Å². The third kappa shape index (κ3) is 6.26. The van der Waals surface area contributed by atoms with Crippen molar-refractivity contribution >= 4 is 0 Å². The SMILES string of the molecule is OC(O)CCCCCCc1ccccc1. The minimum absolute atomic E-state index is 0.505. The molecule has 0 saturated carbocycles. The lowest BCUT2D eigenvalue weighted by Crippen LogP contribution is -2.02. The molecule has 1 rings (SSSR count). The molecule has 0 spiro atoms. The van der Waals surface area contributed by atoms with Crippen LogP contribution in [0.4, 0.5) is 0 Å². The molecule has 1 aromatic carbocycles. The summed E-state index contributed by atoms with van der Waals surface area (Å²) in [6.07, 6.45) is 4.86. The number of benzene rings is 1. The van der Waals surface area contributed by atoms with Crippen LogP contribution in [-0.4, -0.2) is 16.5 Å². The topological polar surface area (TPSA) is 40.5 Å². The second-order valence-electron chi connectivity index (χ2n) is 3.92. The van der Waals surface area contributed by atoms with Crippen molar-refractivity contribution in [2.24, 2.45) is 0 Å². The van der Waals surface area contributed by atoms with Crippen molar-refractivity contribution in [3.63, 3.8) is 0 Å². The van der Waals surface area contributed by atoms with Crippen molar-refractivity contribution in [2.45, 2.75) is 44.8 Å². The molecule has 0 amide bonds. The van der Waals surface area contributed by atoms with Crippen LogP contribution in [0.25, 0.3) is 0 Å². The number of unbranched alkanes of at least 4 members (excludes halogenated alkanes) is 3. The van der Waals surface area contributed by atoms with Gasteiger partial charge in [-0.3, -0.25) is 0 Å². The molecule has 0 aliphatic heterocycles. The lowest BCUT2D eigenvalue weighted by atomic mass is 10.1. The van der Waals surface area contributed by atoms with E-state index >= 15 is 0 Å². The summed E-state index contributed by atoms with van der Waals surface area (Å²) in [5.74, 6) is 0. The zero-order valence-electron chi connectivity index (χ0n) is 9.10. The van der Waals surface area contributed by atoms with E-state index in [1.54, 1.807) is 0 Å². The molecule has 0 radical (unpaired) electrons. The number of aryl methyl sites for hydroxylation is 1. The Hall–Kier alpha value is -0.860. The number of aliphatic hydroxyl groups excluding tert-OH is 1. The Kier molecular flexibility index (Phi) is 6.05. The van der Waals surface area contributed by atoms with Gasteiger partial charge in [0.05, 0.1) is 0 Å². The fraction of sp³-hybridized carbons (Fsp3) is 0.538. The van der Waals surface area contributed by atoms with Crippen molar-refractivity contribution < 1.29 is 10.2 Å². The molecule has 2 heteroatoms. The molecule has 0 fully saturated rings. The Balaban J connectivity index is 1.98. The quantitative estimate of drug-likeness (QED) is 0.534. The lowest BCUT2D eigenvalue weighted by molar-refractivity contribution is -0.0465. The molecule has 0 atom stereocenters. The molecule has 0 aliphatic rings. The van der Waals surface area contributed by atoms with E-state index in [0.29, 0.717) is 6.42 Å². The molecule has 0 unspecified atom stereocenters. The van der Waals surface area contributed by atoms with Crippen LogP contribution < -0.4 is 0 Å². The molecular formula is C13H20O2. The van der Waals surface area contributed by atoms with Crippen LogP contribution in [0.3, 0.4) is 0 Å². The molecule has 1 aromatic rings. The van der Waals surface area contributed by atoms with E-state index in [-0.39, 0.29) is 0 Å². The molecular weight excluding hydrogens is 188 g/mol. The maximum atomic E-state index is 8.64. The predicted molar refractivity (Wildman–Crippen MR) is 61.5 cm³/mol. The Morgan fingerprint density at radius 2 is 1.53 bits per heavy atom. The summed E-state index contributed by atoms with van der Waals surface area (Å²) in [4.78, 5) is 0. The van der Waals surface area contributed by atoms with E-state index in [2.05, 4.69) is 24.3 Å². The van der Waals surface area contributed by atoms with E-state index in [9.17, 15) is 0 Å². The van der Waals surface area contributed by atoms with Crippen molar-refractivity contribution in [3.05, 3.63) is 35.9 Å². The van der Waals surface area contributed by atoms with Gasteiger partial charge >= 0.3 is 0 Å². The van der Waals surface area contributed by atoms with Gasteiger partial charge in [-0.1, -0.05) is 43.2 Å². The second kappa shape index (κ2) is 7.43. The Bertz CT molecular complexity index is 244. The summed E-state index contributed by atoms with van der Waals surface area (Å²) in [5, 5.41) is 17.3. The van der Waals surface area contributed by atoms with E-state index in [4.69, 9.17) is 10.2 Å². The van der Waals surface area contributed by atoms with Gasteiger partial charge in [0.25, 0.3) is 0 Å². The van der Waals surface area contributed by atoms with Crippen LogP contribution in [0.15, 0.2) is 30.3 Å². The summed E-state index contributed by atoms with van der Waals surface area (Å²) < 4.78 is 0. The largest absolute Gasteiger partial charge is 0.368 e. The maximum absolute atomic E-state index is 8.64. The number of hydrogen-bond acceptors (Lipinski definition) is 2. The van der Waals surface area contributed by atoms with Gasteiger partial charge in [-0.15, -0.1) is 0 Å². The summed E-state index contributed by atoms with van der Waals surface area (Å²) in [6, 6.07) is 10.5. The molecule has 0 heterocycles. The van der Waals surface area contributed by atoms with Crippen LogP contribution in [0.2, 0.25) is 0 Å². The van der Waals surface area contributed by atoms with Gasteiger partial charge in [0, 0.05) is 0 Å². The molecule has 0 saturated heterocycles. The highest BCUT2D eigenvalue weighted by Crippen LogP contribution is 2.09. The first-order valence-electron chi connectivity index (χ1n) is 5.69. The zero-order valence-corrected chi connectivity index (χ0v) is 9.10. The normalized spacial score (nSPS) is 10.9. The van der Waals surface area contributed by atoms with Gasteiger partial charge in [0.1, 0.15) is 0 Å². The lowest BCUT2D eigenvalue weighted by Gasteiger charge is -2.03. The number of hydrogen-bond donors (Lipinski definition) is 2. The standard InChI is InChI=1S/C13H20O2/c14-13(15)11-7-2-1-4-8-12-9-5-3-6-10-12/h3,5-6,9-10,13-15H,1-2,4,7-8,11H2. The fourth-order valence-corrected chi connectivity index (χ4v) is 1.65. The van der Waals surface area contributed by atoms with Gasteiger partial charge in [0.2, 0.25) is 0 Å². The first kappa shape index (κ1) is 12.2. The van der Waals surface area contributed by atoms with Gasteiger partial charge in [-0.05, 0) is 31.2 Å². The first-order chi connectivity index (χ1) is 7.29. The highest BCUT2D eigenvalue weighted by Gasteiger charge is 1.97. The molecule has 0 bridgehead atoms. The van der Waals surface area contributed by atoms with Crippen LogP contribution in [0.1, 0.15) is 37.7 Å². The predicted octanol–water partition coefficient (Wildman–Crippen LogP) is 2.49. The highest BCUT2D eigenvalue weighted by atomic mass is 16.5. The second-order valence-corrected chi connectivity index (χ2v) is 3.92. The van der Waals surface area contributed by atoms with Crippen molar-refractivity contribution in [2.75, 3.05) is 0 Å². The summed E-state index contributed by atoms with van der Waals surface area (Å²) in [7, 11) is 0. The molecule has 0 aromatic heterocycles. The van der Waals surface area contributed by atoms with Gasteiger partial charge < -0.3 is 10.2 Å². The number of rotatable bonds is 7. The minimum atomic E-state index is -1.13. The molecule has 15 heavy (non-hydrogen) atoms. The van der Waals surface area contributed by atoms with Gasteiger partial charge in [-0.25, -0.2) is 0 Å². The summed E-state index contributed by atoms with van der Waals surface area (Å²) in [5.41, 5.74) is 1.39. The average Bonchev–Trinajstić information content (AvgIpc) is 2.24. The Morgan fingerprint density at radius 1 is 0.867 bits per heavy atom. The Morgan fingerprint density at radius 3 is 2.20 bits per heavy atom. The van der Waals surface area contributed by atoms with Crippen LogP contribution in [-0.2, 0) is 6.42 Å². The monoisotopic (exact) mass is 208 g/mol. The van der Waals surface area contributed by atoms with Gasteiger partial charge in [-0.2, -0.15) is 0 Å². The van der Waals surface area contributed by atoms with E-state index < -0.39 is 6.29 Å². The summed E-state index contributed by atoms with van der Waals surface area (Å²) in [6.45, 7) is 0. The van der Waals surface area contributed by atoms with E-state index in [0.717, 1.165) is 19.3 Å². The van der Waals surface area contributed by atoms with Crippen molar-refractivity contribution in [1.29, 1.82) is 0 Å². The van der Waals surface area contributed by atoms with Crippen molar-refractivity contribution in [1.82, 2.24) is 0 Å². The Labute approximate surface area is 91.6 Å². The molecule has 2 N–H and O–H groups in total. The highest BCUT2D eigenvalue weighted by molar-refractivity contribution is 5.14. The van der Waals surface area contributed by atoms with E-state index in [1.165, 1.54) is 18.4 Å². The third-order valence-electron chi connectivity index (χ3n) is 2.52. The zero-order chi connectivity index (χ0) is 10.9. The third-order valence-corrected chi connectivity index (χ3v) is 2.52. The minimum Gasteiger partial charge on any atom is -0.368 e. The van der Waals surface area contributed by atoms with Crippen LogP contribution in [0.5, 0.6) is 0 Å². The van der Waals surface area contributed by atoms with Crippen molar-refractivity contribution in [3.8, 4) is 0 Å². The van der Waals surface area contributed by atoms with Crippen LogP contribution in [0, 0.1) is 0 Å². The molecule has 84 valence electrons. The smallest absolute Gasteiger partial charge is 0.151 e. The summed E-state index contributed by atoms with van der Waals surface area (Å²) >= 11 is 0. The van der Waals surface area contributed by atoms with Gasteiger partial charge in [0.15, 0.2) is 6.29 Å². The first-order valence-corrected chi connectivity index (χ1v) is 5.69. The maximum Gasteiger partial charge on any atom is 0.151 e. The number of aliphatic hydroxyl groups is 2. The van der Waals surface area contributed by atoms with Crippen LogP contribution >= 0.6 is 0 Å². The fourth-order valence-electron chi connectivity index (χ4n) is 1.65. The molecule has 2 nitrogen and oxygen atoms in total. The molecule has 0 aliphatic carbocycles.